The molecule has 1 rings (SSSR count). The molecule has 7 nitrogen and oxygen atoms in total. The van der Waals surface area contributed by atoms with E-state index >= 15 is 0 Å². The van der Waals surface area contributed by atoms with Gasteiger partial charge < -0.3 is 10.6 Å². The molecule has 0 saturated carbocycles. The Kier molecular flexibility index (Phi) is 5.11. The number of hydrogen-bond acceptors (Lipinski definition) is 6. The van der Waals surface area contributed by atoms with Crippen LogP contribution in [-0.2, 0) is 10.0 Å². The molecule has 3 N–H and O–H groups in total. The first-order valence-corrected chi connectivity index (χ1v) is 7.15. The van der Waals surface area contributed by atoms with Crippen LogP contribution in [0.15, 0.2) is 12.4 Å². The van der Waals surface area contributed by atoms with E-state index in [4.69, 9.17) is 0 Å². The van der Waals surface area contributed by atoms with Gasteiger partial charge in [-0.15, -0.1) is 0 Å². The average Bonchev–Trinajstić information content (AvgIpc) is 2.24. The predicted octanol–water partition coefficient (Wildman–Crippen LogP) is -0.131. The molecule has 0 saturated heterocycles. The minimum Gasteiger partial charge on any atom is -0.369 e. The smallest absolute Gasteiger partial charge is 0.208 e. The Labute approximate surface area is 101 Å². The Morgan fingerprint density at radius 2 is 1.82 bits per heavy atom. The van der Waals surface area contributed by atoms with Crippen molar-refractivity contribution in [2.75, 3.05) is 36.5 Å². The third-order valence-electron chi connectivity index (χ3n) is 1.79. The third-order valence-corrected chi connectivity index (χ3v) is 2.52. The molecular formula is C9H17N5O2S. The van der Waals surface area contributed by atoms with Gasteiger partial charge >= 0.3 is 0 Å². The number of nitrogens with zero attached hydrogens (tertiary/aromatic N) is 2. The molecule has 0 unspecified atom stereocenters. The zero-order valence-corrected chi connectivity index (χ0v) is 10.7. The third kappa shape index (κ3) is 6.03. The predicted molar refractivity (Wildman–Crippen MR) is 67.5 cm³/mol. The van der Waals surface area contributed by atoms with Crippen LogP contribution in [-0.4, -0.2) is 44.3 Å². The van der Waals surface area contributed by atoms with Gasteiger partial charge in [0.2, 0.25) is 10.0 Å². The molecule has 0 atom stereocenters. The van der Waals surface area contributed by atoms with E-state index in [2.05, 4.69) is 25.3 Å². The summed E-state index contributed by atoms with van der Waals surface area (Å²) in [5.74, 6) is 1.30. The van der Waals surface area contributed by atoms with Gasteiger partial charge in [0.25, 0.3) is 0 Å². The Bertz CT molecular complexity index is 448. The molecule has 17 heavy (non-hydrogen) atoms. The summed E-state index contributed by atoms with van der Waals surface area (Å²) in [7, 11) is -3.13. The fourth-order valence-corrected chi connectivity index (χ4v) is 1.62. The highest BCUT2D eigenvalue weighted by Crippen LogP contribution is 2.05. The first kappa shape index (κ1) is 13.7. The summed E-state index contributed by atoms with van der Waals surface area (Å²) >= 11 is 0. The molecule has 0 bridgehead atoms. The van der Waals surface area contributed by atoms with Crippen LogP contribution >= 0.6 is 0 Å². The standard InChI is InChI=1S/C9H17N5O2S/c1-3-11-8-6-10-7-9(14-8)12-4-5-13-17(2,15)16/h6-7,13H,3-5H2,1-2H3,(H2,11,12,14). The zero-order chi connectivity index (χ0) is 12.7. The van der Waals surface area contributed by atoms with Crippen LogP contribution < -0.4 is 15.4 Å². The maximum Gasteiger partial charge on any atom is 0.208 e. The van der Waals surface area contributed by atoms with Crippen molar-refractivity contribution in [3.63, 3.8) is 0 Å². The van der Waals surface area contributed by atoms with E-state index in [0.717, 1.165) is 12.8 Å². The Balaban J connectivity index is 2.38. The van der Waals surface area contributed by atoms with E-state index in [1.807, 2.05) is 6.92 Å². The number of aromatic nitrogens is 2. The molecule has 0 fully saturated rings. The first-order valence-electron chi connectivity index (χ1n) is 5.25. The molecule has 0 aliphatic rings. The van der Waals surface area contributed by atoms with Crippen LogP contribution in [0.3, 0.4) is 0 Å². The molecule has 0 aliphatic heterocycles. The van der Waals surface area contributed by atoms with Crippen LogP contribution in [0.25, 0.3) is 0 Å². The van der Waals surface area contributed by atoms with Crippen LogP contribution in [0.1, 0.15) is 6.92 Å². The van der Waals surface area contributed by atoms with Crippen molar-refractivity contribution in [2.45, 2.75) is 6.92 Å². The molecule has 1 heterocycles. The molecule has 8 heteroatoms. The van der Waals surface area contributed by atoms with Crippen molar-refractivity contribution in [1.29, 1.82) is 0 Å². The Hall–Kier alpha value is -1.41. The summed E-state index contributed by atoms with van der Waals surface area (Å²) in [6.07, 6.45) is 4.34. The van der Waals surface area contributed by atoms with Crippen LogP contribution in [0, 0.1) is 0 Å². The second-order valence-electron chi connectivity index (χ2n) is 3.41. The number of rotatable bonds is 7. The van der Waals surface area contributed by atoms with E-state index in [0.29, 0.717) is 24.7 Å². The monoisotopic (exact) mass is 259 g/mol. The lowest BCUT2D eigenvalue weighted by Gasteiger charge is -2.07. The quantitative estimate of drug-likeness (QED) is 0.590. The molecular weight excluding hydrogens is 242 g/mol. The number of anilines is 2. The molecule has 1 aromatic heterocycles. The van der Waals surface area contributed by atoms with Gasteiger partial charge in [0.05, 0.1) is 18.6 Å². The molecule has 96 valence electrons. The summed E-state index contributed by atoms with van der Waals surface area (Å²) in [5, 5.41) is 6.01. The highest BCUT2D eigenvalue weighted by atomic mass is 32.2. The van der Waals surface area contributed by atoms with Crippen molar-refractivity contribution >= 4 is 21.7 Å². The minimum absolute atomic E-state index is 0.311. The maximum atomic E-state index is 10.8. The lowest BCUT2D eigenvalue weighted by Crippen LogP contribution is -2.27. The lowest BCUT2D eigenvalue weighted by molar-refractivity contribution is 0.589. The highest BCUT2D eigenvalue weighted by Gasteiger charge is 2.00. The van der Waals surface area contributed by atoms with E-state index in [9.17, 15) is 8.42 Å². The van der Waals surface area contributed by atoms with Crippen molar-refractivity contribution in [1.82, 2.24) is 14.7 Å². The molecule has 0 amide bonds. The number of sulfonamides is 1. The van der Waals surface area contributed by atoms with Crippen LogP contribution in [0.2, 0.25) is 0 Å². The normalized spacial score (nSPS) is 11.2. The largest absolute Gasteiger partial charge is 0.369 e. The second kappa shape index (κ2) is 6.36. The van der Waals surface area contributed by atoms with E-state index < -0.39 is 10.0 Å². The fraction of sp³-hybridized carbons (Fsp3) is 0.556. The highest BCUT2D eigenvalue weighted by molar-refractivity contribution is 7.88. The molecule has 1 aromatic rings. The van der Waals surface area contributed by atoms with Gasteiger partial charge in [0.1, 0.15) is 11.6 Å². The van der Waals surface area contributed by atoms with E-state index in [-0.39, 0.29) is 0 Å². The molecule has 0 aromatic carbocycles. The summed E-state index contributed by atoms with van der Waals surface area (Å²) in [6, 6.07) is 0. The SMILES string of the molecule is CCNc1cncc(NCCNS(C)(=O)=O)n1. The van der Waals surface area contributed by atoms with Crippen LogP contribution in [0.5, 0.6) is 0 Å². The van der Waals surface area contributed by atoms with Crippen molar-refractivity contribution in [3.8, 4) is 0 Å². The van der Waals surface area contributed by atoms with Gasteiger partial charge in [-0.1, -0.05) is 0 Å². The Morgan fingerprint density at radius 1 is 1.18 bits per heavy atom. The van der Waals surface area contributed by atoms with Crippen molar-refractivity contribution < 1.29 is 8.42 Å². The van der Waals surface area contributed by atoms with Gasteiger partial charge in [0.15, 0.2) is 0 Å². The molecule has 0 spiro atoms. The van der Waals surface area contributed by atoms with Crippen LogP contribution in [0.4, 0.5) is 11.6 Å². The topological polar surface area (TPSA) is 96.0 Å². The average molecular weight is 259 g/mol. The zero-order valence-electron chi connectivity index (χ0n) is 9.90. The van der Waals surface area contributed by atoms with Gasteiger partial charge in [-0.25, -0.2) is 18.1 Å². The first-order chi connectivity index (χ1) is 8.01. The summed E-state index contributed by atoms with van der Waals surface area (Å²) in [6.45, 7) is 3.51. The van der Waals surface area contributed by atoms with E-state index in [1.165, 1.54) is 0 Å². The van der Waals surface area contributed by atoms with Gasteiger partial charge in [-0.2, -0.15) is 0 Å². The van der Waals surface area contributed by atoms with Crippen molar-refractivity contribution in [2.24, 2.45) is 0 Å². The number of nitrogens with one attached hydrogen (secondary N) is 3. The second-order valence-corrected chi connectivity index (χ2v) is 5.25. The molecule has 0 radical (unpaired) electrons. The maximum absolute atomic E-state index is 10.8. The summed E-state index contributed by atoms with van der Waals surface area (Å²) < 4.78 is 24.0. The number of hydrogen-bond donors (Lipinski definition) is 3. The van der Waals surface area contributed by atoms with E-state index in [1.54, 1.807) is 12.4 Å². The minimum atomic E-state index is -3.13. The Morgan fingerprint density at radius 3 is 2.41 bits per heavy atom. The van der Waals surface area contributed by atoms with Gasteiger partial charge in [0, 0.05) is 19.6 Å². The van der Waals surface area contributed by atoms with Gasteiger partial charge in [-0.05, 0) is 6.92 Å². The van der Waals surface area contributed by atoms with Crippen molar-refractivity contribution in [3.05, 3.63) is 12.4 Å². The van der Waals surface area contributed by atoms with Gasteiger partial charge in [-0.3, -0.25) is 4.98 Å². The fourth-order valence-electron chi connectivity index (χ4n) is 1.14. The summed E-state index contributed by atoms with van der Waals surface area (Å²) in [5.41, 5.74) is 0. The lowest BCUT2D eigenvalue weighted by atomic mass is 10.5. The summed E-state index contributed by atoms with van der Waals surface area (Å²) in [4.78, 5) is 8.24. The molecule has 0 aliphatic carbocycles.